The maximum atomic E-state index is 13.2. The zero-order chi connectivity index (χ0) is 45.1. The summed E-state index contributed by atoms with van der Waals surface area (Å²) < 4.78 is 10.3. The number of pyridine rings is 1. The van der Waals surface area contributed by atoms with Crippen molar-refractivity contribution in [3.63, 3.8) is 0 Å². The van der Waals surface area contributed by atoms with Gasteiger partial charge in [0.05, 0.1) is 43.0 Å². The third kappa shape index (κ3) is 10.6. The number of rotatable bonds is 15. The predicted molar refractivity (Wildman–Crippen MR) is 227 cm³/mol. The van der Waals surface area contributed by atoms with Crippen LogP contribution in [0.4, 0.5) is 22.7 Å². The van der Waals surface area contributed by atoms with Crippen molar-refractivity contribution < 1.29 is 58.7 Å². The van der Waals surface area contributed by atoms with Gasteiger partial charge in [-0.2, -0.15) is 0 Å². The number of hydrogen-bond donors (Lipinski definition) is 9. The number of ether oxygens (including phenoxy) is 2. The topological polar surface area (TPSA) is 275 Å². The van der Waals surface area contributed by atoms with Crippen LogP contribution in [0.3, 0.4) is 0 Å². The van der Waals surface area contributed by atoms with E-state index in [9.17, 15) is 49.2 Å². The molecule has 18 nitrogen and oxygen atoms in total. The molecule has 5 rings (SSSR count). The van der Waals surface area contributed by atoms with Gasteiger partial charge in [-0.25, -0.2) is 9.78 Å². The number of aromatic hydroxyl groups is 3. The highest BCUT2D eigenvalue weighted by Crippen LogP contribution is 2.40. The van der Waals surface area contributed by atoms with Crippen LogP contribution in [-0.2, 0) is 9.59 Å². The van der Waals surface area contributed by atoms with Gasteiger partial charge in [-0.15, -0.1) is 12.3 Å². The number of methoxy groups -OCH3 is 2. The molecule has 0 aliphatic heterocycles. The second-order valence-corrected chi connectivity index (χ2v) is 13.1. The average Bonchev–Trinajstić information content (AvgIpc) is 3.24. The summed E-state index contributed by atoms with van der Waals surface area (Å²) in [7, 11) is 2.36. The van der Waals surface area contributed by atoms with Crippen LogP contribution in [0, 0.1) is 12.3 Å². The maximum Gasteiger partial charge on any atom is 0.339 e. The molecular weight excluding hydrogens is 805 g/mol. The molecule has 1 unspecified atom stereocenters. The zero-order valence-electron chi connectivity index (χ0n) is 33.1. The van der Waals surface area contributed by atoms with E-state index in [2.05, 4.69) is 37.5 Å². The Bertz CT molecular complexity index is 2620. The van der Waals surface area contributed by atoms with E-state index >= 15 is 0 Å². The van der Waals surface area contributed by atoms with Crippen molar-refractivity contribution in [1.82, 2.24) is 10.3 Å². The fourth-order valence-electron chi connectivity index (χ4n) is 5.70. The summed E-state index contributed by atoms with van der Waals surface area (Å²) in [6.45, 7) is 1.61. The molecule has 1 heterocycles. The lowest BCUT2D eigenvalue weighted by Gasteiger charge is -2.17. The van der Waals surface area contributed by atoms with Gasteiger partial charge in [0, 0.05) is 23.2 Å². The van der Waals surface area contributed by atoms with Gasteiger partial charge in [0.25, 0.3) is 23.6 Å². The standard InChI is InChI=1S/C44H38N6O12/c1-5-6-34(50-42(57)33-18-13-27(22-45-33)47-39(54)23(2)21-24-7-14-28(51)15-8-24)43(58)46-26-11-9-25(10-12-26)40(55)48-31-19-16-29(35(52)37(31)61-3)41(56)49-32-20-17-30(44(59)60)36(53)38(32)62-4/h1,7-22,34,51-53H,6H2,2-4H3,(H,46,58)(H,47,54)(H,48,55)(H,49,56)(H,50,57)(H,59,60)/b23-21+. The molecule has 0 aliphatic carbocycles. The minimum Gasteiger partial charge on any atom is -0.508 e. The fourth-order valence-corrected chi connectivity index (χ4v) is 5.70. The van der Waals surface area contributed by atoms with Gasteiger partial charge >= 0.3 is 5.97 Å². The highest BCUT2D eigenvalue weighted by atomic mass is 16.5. The maximum absolute atomic E-state index is 13.2. The van der Waals surface area contributed by atoms with E-state index in [0.29, 0.717) is 16.8 Å². The van der Waals surface area contributed by atoms with Crippen LogP contribution in [0.25, 0.3) is 6.08 Å². The molecule has 62 heavy (non-hydrogen) atoms. The lowest BCUT2D eigenvalue weighted by Crippen LogP contribution is -2.43. The first-order valence-electron chi connectivity index (χ1n) is 18.2. The SMILES string of the molecule is C#CCC(NC(=O)c1ccc(NC(=O)/C(C)=C/c2ccc(O)cc2)cn1)C(=O)Nc1ccc(C(=O)Nc2ccc(C(=O)Nc3ccc(C(=O)O)c(O)c3OC)c(O)c2OC)cc1. The van der Waals surface area contributed by atoms with Crippen LogP contribution in [0.5, 0.6) is 28.7 Å². The van der Waals surface area contributed by atoms with Crippen LogP contribution < -0.4 is 36.1 Å². The largest absolute Gasteiger partial charge is 0.508 e. The minimum absolute atomic E-state index is 0.0130. The Balaban J connectivity index is 1.18. The van der Waals surface area contributed by atoms with Crippen LogP contribution >= 0.6 is 0 Å². The molecule has 0 radical (unpaired) electrons. The monoisotopic (exact) mass is 842 g/mol. The molecule has 18 heteroatoms. The Morgan fingerprint density at radius 1 is 0.710 bits per heavy atom. The number of carbonyl (C=O) groups is 6. The van der Waals surface area contributed by atoms with Gasteiger partial charge < -0.3 is 56.5 Å². The van der Waals surface area contributed by atoms with E-state index in [0.717, 1.165) is 13.2 Å². The molecule has 0 saturated carbocycles. The predicted octanol–water partition coefficient (Wildman–Crippen LogP) is 5.22. The Kier molecular flexibility index (Phi) is 14.1. The number of benzene rings is 4. The molecule has 9 N–H and O–H groups in total. The number of nitrogens with zero attached hydrogens (tertiary/aromatic N) is 1. The first kappa shape index (κ1) is 44.3. The molecule has 5 aromatic rings. The summed E-state index contributed by atoms with van der Waals surface area (Å²) in [6.07, 6.45) is 8.22. The Morgan fingerprint density at radius 3 is 1.85 bits per heavy atom. The third-order valence-electron chi connectivity index (χ3n) is 8.89. The molecule has 316 valence electrons. The van der Waals surface area contributed by atoms with Crippen molar-refractivity contribution in [2.45, 2.75) is 19.4 Å². The fraction of sp³-hybridized carbons (Fsp3) is 0.114. The number of carboxylic acids is 1. The van der Waals surface area contributed by atoms with Crippen LogP contribution in [0.1, 0.15) is 60.5 Å². The number of terminal acetylenes is 1. The molecule has 0 fully saturated rings. The van der Waals surface area contributed by atoms with E-state index < -0.39 is 58.6 Å². The number of nitrogens with one attached hydrogen (secondary N) is 5. The quantitative estimate of drug-likeness (QED) is 0.0484. The number of carbonyl (C=O) groups excluding carboxylic acids is 5. The molecular formula is C44H38N6O12. The van der Waals surface area contributed by atoms with Gasteiger partial charge in [-0.05, 0) is 91.4 Å². The van der Waals surface area contributed by atoms with Crippen molar-refractivity contribution in [2.75, 3.05) is 35.5 Å². The molecule has 0 aliphatic rings. The average molecular weight is 843 g/mol. The van der Waals surface area contributed by atoms with Gasteiger partial charge in [-0.1, -0.05) is 12.1 Å². The number of carboxylic acid groups (broad SMARTS) is 1. The van der Waals surface area contributed by atoms with Gasteiger partial charge in [0.2, 0.25) is 5.91 Å². The lowest BCUT2D eigenvalue weighted by molar-refractivity contribution is -0.118. The molecule has 5 amide bonds. The molecule has 4 aromatic carbocycles. The number of phenols is 3. The van der Waals surface area contributed by atoms with E-state index in [4.69, 9.17) is 15.9 Å². The Morgan fingerprint density at radius 2 is 1.29 bits per heavy atom. The smallest absolute Gasteiger partial charge is 0.339 e. The second kappa shape index (κ2) is 19.7. The van der Waals surface area contributed by atoms with Gasteiger partial charge in [0.1, 0.15) is 23.0 Å². The van der Waals surface area contributed by atoms with Gasteiger partial charge in [0.15, 0.2) is 23.0 Å². The van der Waals surface area contributed by atoms with E-state index in [1.54, 1.807) is 25.1 Å². The first-order chi connectivity index (χ1) is 29.6. The number of aromatic nitrogens is 1. The van der Waals surface area contributed by atoms with Crippen molar-refractivity contribution >= 4 is 64.3 Å². The summed E-state index contributed by atoms with van der Waals surface area (Å²) in [5.74, 6) is -4.28. The van der Waals surface area contributed by atoms with E-state index in [1.807, 2.05) is 0 Å². The number of phenolic OH excluding ortho intramolecular Hbond substituents is 2. The highest BCUT2D eigenvalue weighted by molar-refractivity contribution is 6.11. The Labute approximate surface area is 353 Å². The summed E-state index contributed by atoms with van der Waals surface area (Å²) in [4.78, 5) is 80.6. The molecule has 1 aromatic heterocycles. The summed E-state index contributed by atoms with van der Waals surface area (Å²) in [5, 5.41) is 52.8. The van der Waals surface area contributed by atoms with Crippen LogP contribution in [-0.4, -0.2) is 81.2 Å². The third-order valence-corrected chi connectivity index (χ3v) is 8.89. The zero-order valence-corrected chi connectivity index (χ0v) is 33.1. The van der Waals surface area contributed by atoms with Crippen LogP contribution in [0.15, 0.2) is 96.7 Å². The minimum atomic E-state index is -1.42. The normalized spacial score (nSPS) is 11.2. The van der Waals surface area contributed by atoms with Gasteiger partial charge in [-0.3, -0.25) is 24.0 Å². The first-order valence-corrected chi connectivity index (χ1v) is 18.2. The molecule has 0 bridgehead atoms. The van der Waals surface area contributed by atoms with E-state index in [1.165, 1.54) is 80.0 Å². The molecule has 0 saturated heterocycles. The number of anilines is 4. The van der Waals surface area contributed by atoms with E-state index in [-0.39, 0.29) is 57.6 Å². The van der Waals surface area contributed by atoms with Crippen molar-refractivity contribution in [1.29, 1.82) is 0 Å². The number of amides is 5. The number of aromatic carboxylic acids is 1. The van der Waals surface area contributed by atoms with Crippen molar-refractivity contribution in [3.05, 3.63) is 125 Å². The Hall–Kier alpha value is -8.85. The van der Waals surface area contributed by atoms with Crippen molar-refractivity contribution in [2.24, 2.45) is 0 Å². The summed E-state index contributed by atoms with van der Waals surface area (Å²) in [5.41, 5.74) is 0.842. The summed E-state index contributed by atoms with van der Waals surface area (Å²) >= 11 is 0. The van der Waals surface area contributed by atoms with Crippen molar-refractivity contribution in [3.8, 4) is 41.1 Å². The second-order valence-electron chi connectivity index (χ2n) is 13.1. The number of hydrogen-bond acceptors (Lipinski definition) is 12. The molecule has 1 atom stereocenters. The molecule has 0 spiro atoms. The summed E-state index contributed by atoms with van der Waals surface area (Å²) in [6, 6.07) is 18.3. The lowest BCUT2D eigenvalue weighted by atomic mass is 10.1. The highest BCUT2D eigenvalue weighted by Gasteiger charge is 2.25. The van der Waals surface area contributed by atoms with Crippen LogP contribution in [0.2, 0.25) is 0 Å².